The average Bonchev–Trinajstić information content (AvgIpc) is 3.09. The number of esters is 1. The summed E-state index contributed by atoms with van der Waals surface area (Å²) in [4.78, 5) is 37.5. The molecule has 0 spiro atoms. The van der Waals surface area contributed by atoms with Crippen LogP contribution in [0.4, 0.5) is 0 Å². The highest BCUT2D eigenvalue weighted by Crippen LogP contribution is 2.50. The van der Waals surface area contributed by atoms with Crippen molar-refractivity contribution in [3.05, 3.63) is 33.1 Å². The summed E-state index contributed by atoms with van der Waals surface area (Å²) in [6, 6.07) is 2.99. The van der Waals surface area contributed by atoms with E-state index in [1.54, 1.807) is 0 Å². The number of ether oxygens (including phenoxy) is 3. The molecule has 1 aliphatic rings. The van der Waals surface area contributed by atoms with Crippen LogP contribution in [-0.2, 0) is 37.1 Å². The summed E-state index contributed by atoms with van der Waals surface area (Å²) in [7, 11) is -2.72. The first-order valence-electron chi connectivity index (χ1n) is 10.3. The molecule has 0 aliphatic carbocycles. The molecule has 0 amide bonds. The minimum absolute atomic E-state index is 0.0244. The number of methoxy groups -OCH3 is 1. The maximum Gasteiger partial charge on any atom is 0.474 e. The van der Waals surface area contributed by atoms with E-state index in [9.17, 15) is 18.9 Å². The van der Waals surface area contributed by atoms with Gasteiger partial charge < -0.3 is 14.2 Å². The zero-order valence-corrected chi connectivity index (χ0v) is 19.5. The Kier molecular flexibility index (Phi) is 10.4. The Labute approximate surface area is 190 Å². The zero-order valence-electron chi connectivity index (χ0n) is 18.6. The summed E-state index contributed by atoms with van der Waals surface area (Å²) in [5.41, 5.74) is -1.36. The maximum atomic E-state index is 13.0. The Morgan fingerprint density at radius 3 is 2.61 bits per heavy atom. The van der Waals surface area contributed by atoms with Gasteiger partial charge >= 0.3 is 19.5 Å². The van der Waals surface area contributed by atoms with Gasteiger partial charge in [-0.25, -0.2) is 9.36 Å². The number of carbonyl (C=O) groups excluding carboxylic acids is 1. The van der Waals surface area contributed by atoms with Gasteiger partial charge in [0.05, 0.1) is 32.3 Å². The first kappa shape index (κ1) is 26.9. The number of phosphoric acid groups is 1. The fourth-order valence-electron chi connectivity index (χ4n) is 3.08. The van der Waals surface area contributed by atoms with Gasteiger partial charge in [-0.2, -0.15) is 5.26 Å². The van der Waals surface area contributed by atoms with Gasteiger partial charge in [0.2, 0.25) is 0 Å². The normalized spacial score (nSPS) is 24.2. The lowest BCUT2D eigenvalue weighted by atomic mass is 10.1. The molecule has 1 aromatic heterocycles. The predicted molar refractivity (Wildman–Crippen MR) is 112 cm³/mol. The molecule has 1 saturated heterocycles. The van der Waals surface area contributed by atoms with Crippen LogP contribution in [0.1, 0.15) is 39.3 Å². The summed E-state index contributed by atoms with van der Waals surface area (Å²) >= 11 is 0. The first-order valence-corrected chi connectivity index (χ1v) is 11.8. The van der Waals surface area contributed by atoms with Crippen LogP contribution in [-0.4, -0.2) is 60.8 Å². The molecule has 5 atom stereocenters. The molecule has 1 aliphatic heterocycles. The van der Waals surface area contributed by atoms with Gasteiger partial charge in [0, 0.05) is 26.3 Å². The third-order valence-corrected chi connectivity index (χ3v) is 6.06. The molecular weight excluding hydrogens is 461 g/mol. The highest BCUT2D eigenvalue weighted by molar-refractivity contribution is 7.48. The van der Waals surface area contributed by atoms with Crippen molar-refractivity contribution in [2.24, 2.45) is 0 Å². The average molecular weight is 489 g/mol. The van der Waals surface area contributed by atoms with Crippen molar-refractivity contribution in [2.75, 3.05) is 26.9 Å². The molecule has 13 nitrogen and oxygen atoms in total. The van der Waals surface area contributed by atoms with E-state index in [0.29, 0.717) is 6.42 Å². The van der Waals surface area contributed by atoms with Crippen molar-refractivity contribution in [1.29, 1.82) is 5.26 Å². The SMILES string of the molecule is CCCCOP(=O)(OCCC#N)OC[C@H]1O[C@@H](n2ccc(=O)[nH]c2=O)C(OC)C1OC(C)=O. The molecule has 0 saturated carbocycles. The number of unbranched alkanes of at least 4 members (excludes halogenated alkanes) is 1. The van der Waals surface area contributed by atoms with E-state index in [0.717, 1.165) is 17.1 Å². The minimum atomic E-state index is -4.06. The minimum Gasteiger partial charge on any atom is -0.457 e. The van der Waals surface area contributed by atoms with Crippen LogP contribution in [0, 0.1) is 11.3 Å². The number of aromatic amines is 1. The highest BCUT2D eigenvalue weighted by atomic mass is 31.2. The Bertz CT molecular complexity index is 987. The molecule has 3 unspecified atom stereocenters. The van der Waals surface area contributed by atoms with Gasteiger partial charge in [0.25, 0.3) is 5.56 Å². The van der Waals surface area contributed by atoms with Crippen LogP contribution >= 0.6 is 7.82 Å². The summed E-state index contributed by atoms with van der Waals surface area (Å²) in [6.07, 6.45) is -1.52. The lowest BCUT2D eigenvalue weighted by Crippen LogP contribution is -2.41. The topological polar surface area (TPSA) is 168 Å². The molecule has 2 heterocycles. The number of nitriles is 1. The Morgan fingerprint density at radius 2 is 2.00 bits per heavy atom. The second-order valence-corrected chi connectivity index (χ2v) is 8.70. The van der Waals surface area contributed by atoms with Gasteiger partial charge in [0.15, 0.2) is 12.3 Å². The number of aromatic nitrogens is 2. The van der Waals surface area contributed by atoms with Crippen molar-refractivity contribution in [2.45, 2.75) is 57.6 Å². The lowest BCUT2D eigenvalue weighted by Gasteiger charge is -2.24. The second kappa shape index (κ2) is 12.8. The predicted octanol–water partition coefficient (Wildman–Crippen LogP) is 1.25. The molecule has 184 valence electrons. The summed E-state index contributed by atoms with van der Waals surface area (Å²) in [5.74, 6) is -0.641. The molecule has 2 rings (SSSR count). The third-order valence-electron chi connectivity index (χ3n) is 4.59. The number of hydrogen-bond acceptors (Lipinski definition) is 11. The first-order chi connectivity index (χ1) is 15.7. The van der Waals surface area contributed by atoms with E-state index in [4.69, 9.17) is 33.0 Å². The van der Waals surface area contributed by atoms with E-state index < -0.39 is 56.2 Å². The van der Waals surface area contributed by atoms with Gasteiger partial charge in [-0.05, 0) is 6.42 Å². The number of hydrogen-bond donors (Lipinski definition) is 1. The fraction of sp³-hybridized carbons (Fsp3) is 0.684. The summed E-state index contributed by atoms with van der Waals surface area (Å²) in [6.45, 7) is 2.64. The van der Waals surface area contributed by atoms with Gasteiger partial charge in [0.1, 0.15) is 12.2 Å². The van der Waals surface area contributed by atoms with Crippen LogP contribution in [0.2, 0.25) is 0 Å². The van der Waals surface area contributed by atoms with Crippen molar-refractivity contribution in [1.82, 2.24) is 9.55 Å². The van der Waals surface area contributed by atoms with Crippen LogP contribution in [0.25, 0.3) is 0 Å². The molecule has 0 bridgehead atoms. The molecule has 0 aromatic carbocycles. The van der Waals surface area contributed by atoms with Crippen molar-refractivity contribution in [3.63, 3.8) is 0 Å². The monoisotopic (exact) mass is 489 g/mol. The van der Waals surface area contributed by atoms with Gasteiger partial charge in [-0.3, -0.25) is 32.7 Å². The van der Waals surface area contributed by atoms with Crippen LogP contribution in [0.5, 0.6) is 0 Å². The molecule has 14 heteroatoms. The van der Waals surface area contributed by atoms with Crippen LogP contribution in [0.15, 0.2) is 21.9 Å². The number of nitrogens with zero attached hydrogens (tertiary/aromatic N) is 2. The number of nitrogens with one attached hydrogen (secondary N) is 1. The number of phosphoric ester groups is 1. The Morgan fingerprint density at radius 1 is 1.27 bits per heavy atom. The summed E-state index contributed by atoms with van der Waals surface area (Å²) in [5, 5.41) is 8.70. The molecule has 1 fully saturated rings. The molecular formula is C19H28N3O10P. The van der Waals surface area contributed by atoms with Crippen LogP contribution in [0.3, 0.4) is 0 Å². The quantitative estimate of drug-likeness (QED) is 0.240. The van der Waals surface area contributed by atoms with E-state index in [1.165, 1.54) is 20.2 Å². The Hall–Kier alpha value is -2.33. The van der Waals surface area contributed by atoms with E-state index in [2.05, 4.69) is 4.98 Å². The number of rotatable bonds is 13. The zero-order chi connectivity index (χ0) is 24.4. The molecule has 0 radical (unpaired) electrons. The van der Waals surface area contributed by atoms with Gasteiger partial charge in [-0.15, -0.1) is 0 Å². The highest BCUT2D eigenvalue weighted by Gasteiger charge is 2.49. The standard InChI is InChI=1S/C19H28N3O10P/c1-4-5-10-28-33(26,29-11-6-8-20)30-12-14-16(31-13(2)23)17(27-3)18(32-14)22-9-7-15(24)21-19(22)25/h7,9,14,16-18H,4-6,10-12H2,1-3H3,(H,21,24,25)/t14-,16?,17?,18-,33?/m1/s1. The fourth-order valence-corrected chi connectivity index (χ4v) is 4.30. The number of carbonyl (C=O) groups is 1. The maximum absolute atomic E-state index is 13.0. The van der Waals surface area contributed by atoms with Gasteiger partial charge in [-0.1, -0.05) is 13.3 Å². The molecule has 33 heavy (non-hydrogen) atoms. The van der Waals surface area contributed by atoms with E-state index in [1.807, 2.05) is 13.0 Å². The molecule has 1 aromatic rings. The third kappa shape index (κ3) is 7.60. The number of H-pyrrole nitrogens is 1. The Balaban J connectivity index is 2.24. The van der Waals surface area contributed by atoms with E-state index in [-0.39, 0.29) is 19.6 Å². The molecule has 1 N–H and O–H groups in total. The summed E-state index contributed by atoms with van der Waals surface area (Å²) < 4.78 is 46.6. The lowest BCUT2D eigenvalue weighted by molar-refractivity contribution is -0.154. The van der Waals surface area contributed by atoms with E-state index >= 15 is 0 Å². The van der Waals surface area contributed by atoms with Crippen molar-refractivity contribution < 1.29 is 37.1 Å². The second-order valence-electron chi connectivity index (χ2n) is 7.03. The largest absolute Gasteiger partial charge is 0.474 e. The van der Waals surface area contributed by atoms with Crippen LogP contribution < -0.4 is 11.2 Å². The van der Waals surface area contributed by atoms with Crippen molar-refractivity contribution in [3.8, 4) is 6.07 Å². The van der Waals surface area contributed by atoms with Crippen molar-refractivity contribution >= 4 is 13.8 Å². The smallest absolute Gasteiger partial charge is 0.457 e.